The van der Waals surface area contributed by atoms with Crippen LogP contribution >= 0.6 is 0 Å². The number of nitrogens with one attached hydrogen (secondary N) is 1. The zero-order valence-electron chi connectivity index (χ0n) is 15.0. The van der Waals surface area contributed by atoms with Crippen LogP contribution in [0.25, 0.3) is 5.82 Å². The van der Waals surface area contributed by atoms with Crippen molar-refractivity contribution in [3.8, 4) is 5.82 Å². The molecule has 0 radical (unpaired) electrons. The highest BCUT2D eigenvalue weighted by molar-refractivity contribution is 5.79. The van der Waals surface area contributed by atoms with Gasteiger partial charge in [0.1, 0.15) is 12.1 Å². The molecule has 1 aromatic carbocycles. The molecule has 138 valence electrons. The van der Waals surface area contributed by atoms with Crippen molar-refractivity contribution in [1.29, 1.82) is 0 Å². The lowest BCUT2D eigenvalue weighted by atomic mass is 9.97. The number of amides is 1. The predicted octanol–water partition coefficient (Wildman–Crippen LogP) is 2.20. The molecule has 7 heteroatoms. The molecule has 3 aromatic rings. The summed E-state index contributed by atoms with van der Waals surface area (Å²) in [7, 11) is 0. The number of carbonyl (C=O) groups is 1. The summed E-state index contributed by atoms with van der Waals surface area (Å²) in [6, 6.07) is 13.7. The van der Waals surface area contributed by atoms with Gasteiger partial charge in [0, 0.05) is 38.1 Å². The lowest BCUT2D eigenvalue weighted by Gasteiger charge is -2.32. The van der Waals surface area contributed by atoms with E-state index in [0.717, 1.165) is 36.6 Å². The molecule has 7 nitrogen and oxygen atoms in total. The first-order valence-electron chi connectivity index (χ1n) is 9.18. The van der Waals surface area contributed by atoms with Crippen LogP contribution in [0, 0.1) is 5.92 Å². The molecule has 1 saturated heterocycles. The van der Waals surface area contributed by atoms with E-state index >= 15 is 0 Å². The highest BCUT2D eigenvalue weighted by Crippen LogP contribution is 2.22. The topological polar surface area (TPSA) is 75.9 Å². The van der Waals surface area contributed by atoms with Gasteiger partial charge in [-0.3, -0.25) is 4.79 Å². The van der Waals surface area contributed by atoms with E-state index in [2.05, 4.69) is 25.3 Å². The largest absolute Gasteiger partial charge is 0.356 e. The second-order valence-corrected chi connectivity index (χ2v) is 6.67. The minimum Gasteiger partial charge on any atom is -0.356 e. The molecule has 4 rings (SSSR count). The predicted molar refractivity (Wildman–Crippen MR) is 102 cm³/mol. The molecule has 27 heavy (non-hydrogen) atoms. The Labute approximate surface area is 158 Å². The van der Waals surface area contributed by atoms with E-state index in [1.807, 2.05) is 48.7 Å². The molecule has 1 unspecified atom stereocenters. The average Bonchev–Trinajstić information content (AvgIpc) is 3.28. The maximum Gasteiger partial charge on any atom is 0.225 e. The van der Waals surface area contributed by atoms with Crippen molar-refractivity contribution >= 4 is 11.7 Å². The van der Waals surface area contributed by atoms with Crippen LogP contribution in [0.4, 0.5) is 5.82 Å². The summed E-state index contributed by atoms with van der Waals surface area (Å²) in [5.74, 6) is 1.62. The van der Waals surface area contributed by atoms with Gasteiger partial charge in [0.25, 0.3) is 0 Å². The van der Waals surface area contributed by atoms with Gasteiger partial charge in [0.15, 0.2) is 5.82 Å². The van der Waals surface area contributed by atoms with Crippen LogP contribution in [0.15, 0.2) is 61.2 Å². The van der Waals surface area contributed by atoms with Crippen molar-refractivity contribution in [3.05, 3.63) is 66.7 Å². The molecule has 1 atom stereocenters. The Balaban J connectivity index is 1.40. The molecule has 1 N–H and O–H groups in total. The standard InChI is InChI=1S/C20H22N6O/c27-20(21-13-16-6-2-1-3-7-16)17-8-4-10-25(14-17)18-12-19(23-15-22-18)26-11-5-9-24-26/h1-3,5-7,9,11-12,15,17H,4,8,10,13-14H2,(H,21,27). The third-order valence-electron chi connectivity index (χ3n) is 4.80. The van der Waals surface area contributed by atoms with E-state index in [1.165, 1.54) is 0 Å². The minimum atomic E-state index is -0.0365. The van der Waals surface area contributed by atoms with Gasteiger partial charge in [-0.15, -0.1) is 0 Å². The zero-order valence-corrected chi connectivity index (χ0v) is 15.0. The summed E-state index contributed by atoms with van der Waals surface area (Å²) in [4.78, 5) is 23.5. The Kier molecular flexibility index (Phi) is 5.09. The Hall–Kier alpha value is -3.22. The van der Waals surface area contributed by atoms with Crippen LogP contribution in [-0.2, 0) is 11.3 Å². The van der Waals surface area contributed by atoms with Crippen molar-refractivity contribution in [2.45, 2.75) is 19.4 Å². The van der Waals surface area contributed by atoms with Gasteiger partial charge in [-0.1, -0.05) is 30.3 Å². The second kappa shape index (κ2) is 7.99. The number of benzene rings is 1. The molecule has 1 amide bonds. The Morgan fingerprint density at radius 2 is 2.00 bits per heavy atom. The van der Waals surface area contributed by atoms with Crippen LogP contribution in [0.1, 0.15) is 18.4 Å². The number of anilines is 1. The van der Waals surface area contributed by atoms with E-state index in [-0.39, 0.29) is 11.8 Å². The van der Waals surface area contributed by atoms with Crippen LogP contribution in [0.3, 0.4) is 0 Å². The smallest absolute Gasteiger partial charge is 0.225 e. The summed E-state index contributed by atoms with van der Waals surface area (Å²) < 4.78 is 1.71. The lowest BCUT2D eigenvalue weighted by molar-refractivity contribution is -0.125. The molecule has 0 bridgehead atoms. The van der Waals surface area contributed by atoms with Gasteiger partial charge in [0.05, 0.1) is 5.92 Å². The number of piperidine rings is 1. The van der Waals surface area contributed by atoms with Crippen LogP contribution in [0.2, 0.25) is 0 Å². The SMILES string of the molecule is O=C(NCc1ccccc1)C1CCCN(c2cc(-n3cccn3)ncn2)C1. The number of carbonyl (C=O) groups excluding carboxylic acids is 1. The van der Waals surface area contributed by atoms with Gasteiger partial charge < -0.3 is 10.2 Å². The second-order valence-electron chi connectivity index (χ2n) is 6.67. The fourth-order valence-corrected chi connectivity index (χ4v) is 3.37. The van der Waals surface area contributed by atoms with E-state index < -0.39 is 0 Å². The molecule has 1 fully saturated rings. The Morgan fingerprint density at radius 3 is 2.81 bits per heavy atom. The fraction of sp³-hybridized carbons (Fsp3) is 0.300. The Bertz CT molecular complexity index is 881. The lowest BCUT2D eigenvalue weighted by Crippen LogP contribution is -2.43. The summed E-state index contributed by atoms with van der Waals surface area (Å²) in [6.45, 7) is 2.11. The first-order valence-corrected chi connectivity index (χ1v) is 9.18. The average molecular weight is 362 g/mol. The van der Waals surface area contributed by atoms with Gasteiger partial charge in [-0.05, 0) is 24.5 Å². The summed E-state index contributed by atoms with van der Waals surface area (Å²) in [6.07, 6.45) is 6.97. The number of hydrogen-bond donors (Lipinski definition) is 1. The highest BCUT2D eigenvalue weighted by atomic mass is 16.1. The van der Waals surface area contributed by atoms with Crippen molar-refractivity contribution < 1.29 is 4.79 Å². The fourth-order valence-electron chi connectivity index (χ4n) is 3.37. The molecule has 1 aliphatic rings. The molecule has 0 saturated carbocycles. The number of nitrogens with zero attached hydrogens (tertiary/aromatic N) is 5. The molecule has 0 spiro atoms. The third kappa shape index (κ3) is 4.13. The van der Waals surface area contributed by atoms with E-state index in [0.29, 0.717) is 13.1 Å². The summed E-state index contributed by atoms with van der Waals surface area (Å²) >= 11 is 0. The maximum absolute atomic E-state index is 12.6. The van der Waals surface area contributed by atoms with Crippen LogP contribution in [0.5, 0.6) is 0 Å². The van der Waals surface area contributed by atoms with E-state index in [4.69, 9.17) is 0 Å². The van der Waals surface area contributed by atoms with Crippen molar-refractivity contribution in [2.75, 3.05) is 18.0 Å². The first kappa shape index (κ1) is 17.2. The quantitative estimate of drug-likeness (QED) is 0.753. The molecule has 2 aromatic heterocycles. The van der Waals surface area contributed by atoms with E-state index in [9.17, 15) is 4.79 Å². The van der Waals surface area contributed by atoms with Gasteiger partial charge in [-0.25, -0.2) is 14.6 Å². The van der Waals surface area contributed by atoms with Gasteiger partial charge in [-0.2, -0.15) is 5.10 Å². The number of hydrogen-bond acceptors (Lipinski definition) is 5. The van der Waals surface area contributed by atoms with Crippen LogP contribution in [-0.4, -0.2) is 38.7 Å². The van der Waals surface area contributed by atoms with Crippen LogP contribution < -0.4 is 10.2 Å². The zero-order chi connectivity index (χ0) is 18.5. The number of rotatable bonds is 5. The normalized spacial score (nSPS) is 16.9. The molecular weight excluding hydrogens is 340 g/mol. The Morgan fingerprint density at radius 1 is 1.15 bits per heavy atom. The van der Waals surface area contributed by atoms with Crippen molar-refractivity contribution in [3.63, 3.8) is 0 Å². The molecule has 0 aliphatic carbocycles. The molecular formula is C20H22N6O. The van der Waals surface area contributed by atoms with E-state index in [1.54, 1.807) is 17.2 Å². The maximum atomic E-state index is 12.6. The van der Waals surface area contributed by atoms with Crippen molar-refractivity contribution in [1.82, 2.24) is 25.1 Å². The first-order chi connectivity index (χ1) is 13.3. The van der Waals surface area contributed by atoms with Gasteiger partial charge in [0.2, 0.25) is 5.91 Å². The highest BCUT2D eigenvalue weighted by Gasteiger charge is 2.26. The molecule has 1 aliphatic heterocycles. The van der Waals surface area contributed by atoms with Crippen molar-refractivity contribution in [2.24, 2.45) is 5.92 Å². The summed E-state index contributed by atoms with van der Waals surface area (Å²) in [5.41, 5.74) is 1.11. The summed E-state index contributed by atoms with van der Waals surface area (Å²) in [5, 5.41) is 7.27. The minimum absolute atomic E-state index is 0.0365. The monoisotopic (exact) mass is 362 g/mol. The third-order valence-corrected chi connectivity index (χ3v) is 4.80. The number of aromatic nitrogens is 4. The molecule has 3 heterocycles. The van der Waals surface area contributed by atoms with Gasteiger partial charge >= 0.3 is 0 Å².